The van der Waals surface area contributed by atoms with E-state index in [2.05, 4.69) is 60.6 Å². The highest BCUT2D eigenvalue weighted by Gasteiger charge is 2.26. The van der Waals surface area contributed by atoms with E-state index in [-0.39, 0.29) is 23.0 Å². The van der Waals surface area contributed by atoms with E-state index in [1.807, 2.05) is 12.1 Å². The van der Waals surface area contributed by atoms with Crippen LogP contribution in [0.1, 0.15) is 81.9 Å². The zero-order valence-electron chi connectivity index (χ0n) is 18.3. The summed E-state index contributed by atoms with van der Waals surface area (Å²) in [6.07, 6.45) is 0.969. The summed E-state index contributed by atoms with van der Waals surface area (Å²) in [5.74, 6) is 0.357. The molecule has 0 aliphatic carbocycles. The Balaban J connectivity index is 0.000000307. The number of phenols is 1. The number of rotatable bonds is 3. The quantitative estimate of drug-likeness (QED) is 0.634. The van der Waals surface area contributed by atoms with Crippen molar-refractivity contribution in [2.75, 3.05) is 0 Å². The van der Waals surface area contributed by atoms with Crippen molar-refractivity contribution in [3.05, 3.63) is 64.7 Å². The maximum atomic E-state index is 11.0. The lowest BCUT2D eigenvalue weighted by Crippen LogP contribution is -2.17. The molecule has 0 unspecified atom stereocenters. The van der Waals surface area contributed by atoms with E-state index in [4.69, 9.17) is 5.26 Å². The minimum Gasteiger partial charge on any atom is -0.507 e. The highest BCUT2D eigenvalue weighted by atomic mass is 16.3. The Morgan fingerprint density at radius 3 is 1.79 bits per heavy atom. The molecule has 0 aliphatic heterocycles. The van der Waals surface area contributed by atoms with E-state index in [1.165, 1.54) is 5.56 Å². The predicted octanol–water partition coefficient (Wildman–Crippen LogP) is 6.33. The first-order valence-corrected chi connectivity index (χ1v) is 9.73. The van der Waals surface area contributed by atoms with Gasteiger partial charge >= 0.3 is 0 Å². The highest BCUT2D eigenvalue weighted by molar-refractivity contribution is 5.97. The van der Waals surface area contributed by atoms with Crippen molar-refractivity contribution in [3.63, 3.8) is 0 Å². The molecule has 0 saturated carbocycles. The third kappa shape index (κ3) is 6.53. The van der Waals surface area contributed by atoms with Crippen molar-refractivity contribution in [2.45, 2.75) is 72.1 Å². The Morgan fingerprint density at radius 2 is 1.43 bits per heavy atom. The van der Waals surface area contributed by atoms with E-state index in [1.54, 1.807) is 24.3 Å². The second-order valence-electron chi connectivity index (χ2n) is 9.02. The number of hydrogen-bond acceptors (Lipinski definition) is 3. The standard InChI is InChI=1S/C16H26O.C9H7NO/c1-8-11-9-12(15(2,3)4)14(17)13(10-11)16(5,6)7;10-7-6-9(11)8-4-2-1-3-5-8/h9-10,17H,8H2,1-7H3;1-5H,6H2. The van der Waals surface area contributed by atoms with Crippen LogP contribution in [-0.4, -0.2) is 10.9 Å². The molecule has 150 valence electrons. The number of nitrogens with zero attached hydrogens (tertiary/aromatic N) is 1. The monoisotopic (exact) mass is 379 g/mol. The number of carbonyl (C=O) groups is 1. The Bertz CT molecular complexity index is 797. The smallest absolute Gasteiger partial charge is 0.176 e. The highest BCUT2D eigenvalue weighted by Crippen LogP contribution is 2.39. The lowest BCUT2D eigenvalue weighted by Gasteiger charge is -2.28. The fraction of sp³-hybridized carbons (Fsp3) is 0.440. The topological polar surface area (TPSA) is 61.1 Å². The van der Waals surface area contributed by atoms with E-state index >= 15 is 0 Å². The molecule has 0 aromatic heterocycles. The van der Waals surface area contributed by atoms with E-state index in [0.717, 1.165) is 17.5 Å². The lowest BCUT2D eigenvalue weighted by atomic mass is 9.78. The summed E-state index contributed by atoms with van der Waals surface area (Å²) in [5, 5.41) is 18.7. The number of aromatic hydroxyl groups is 1. The van der Waals surface area contributed by atoms with Gasteiger partial charge in [-0.3, -0.25) is 4.79 Å². The summed E-state index contributed by atoms with van der Waals surface area (Å²) in [6.45, 7) is 15.0. The normalized spacial score (nSPS) is 11.2. The summed E-state index contributed by atoms with van der Waals surface area (Å²) < 4.78 is 0. The zero-order valence-corrected chi connectivity index (χ0v) is 18.3. The molecule has 1 N–H and O–H groups in total. The molecule has 2 rings (SSSR count). The van der Waals surface area contributed by atoms with Gasteiger partial charge in [-0.2, -0.15) is 5.26 Å². The summed E-state index contributed by atoms with van der Waals surface area (Å²) >= 11 is 0. The van der Waals surface area contributed by atoms with Crippen LogP contribution in [0.25, 0.3) is 0 Å². The van der Waals surface area contributed by atoms with Crippen LogP contribution in [0.4, 0.5) is 0 Å². The molecule has 0 atom stereocenters. The molecular weight excluding hydrogens is 346 g/mol. The van der Waals surface area contributed by atoms with Gasteiger partial charge in [-0.25, -0.2) is 0 Å². The van der Waals surface area contributed by atoms with Crippen LogP contribution >= 0.6 is 0 Å². The molecule has 0 bridgehead atoms. The first-order chi connectivity index (χ1) is 12.9. The zero-order chi connectivity index (χ0) is 21.5. The summed E-state index contributed by atoms with van der Waals surface area (Å²) in [7, 11) is 0. The Hall–Kier alpha value is -2.60. The molecule has 3 heteroatoms. The fourth-order valence-electron chi connectivity index (χ4n) is 2.84. The molecule has 0 heterocycles. The van der Waals surface area contributed by atoms with Crippen molar-refractivity contribution in [3.8, 4) is 11.8 Å². The largest absolute Gasteiger partial charge is 0.507 e. The van der Waals surface area contributed by atoms with Crippen molar-refractivity contribution >= 4 is 5.78 Å². The van der Waals surface area contributed by atoms with Crippen molar-refractivity contribution in [1.82, 2.24) is 0 Å². The minimum absolute atomic E-state index is 0.0186. The van der Waals surface area contributed by atoms with Crippen LogP contribution in [0, 0.1) is 11.3 Å². The van der Waals surface area contributed by atoms with Gasteiger partial charge in [0.15, 0.2) is 5.78 Å². The molecule has 0 radical (unpaired) electrons. The summed E-state index contributed by atoms with van der Waals surface area (Å²) in [5.41, 5.74) is 3.99. The molecule has 0 spiro atoms. The number of carbonyl (C=O) groups excluding carboxylic acids is 1. The number of benzene rings is 2. The number of nitriles is 1. The molecular formula is C25H33NO2. The van der Waals surface area contributed by atoms with E-state index < -0.39 is 0 Å². The first kappa shape index (κ1) is 23.4. The maximum Gasteiger partial charge on any atom is 0.176 e. The van der Waals surface area contributed by atoms with Crippen LogP contribution < -0.4 is 0 Å². The van der Waals surface area contributed by atoms with Gasteiger partial charge in [0.05, 0.1) is 12.5 Å². The molecule has 2 aromatic carbocycles. The average Bonchev–Trinajstić information content (AvgIpc) is 2.61. The average molecular weight is 380 g/mol. The molecule has 3 nitrogen and oxygen atoms in total. The van der Waals surface area contributed by atoms with Gasteiger partial charge in [0, 0.05) is 5.56 Å². The second kappa shape index (κ2) is 9.55. The first-order valence-electron chi connectivity index (χ1n) is 9.73. The van der Waals surface area contributed by atoms with Gasteiger partial charge < -0.3 is 5.11 Å². The van der Waals surface area contributed by atoms with Crippen LogP contribution in [0.3, 0.4) is 0 Å². The van der Waals surface area contributed by atoms with Gasteiger partial charge in [0.2, 0.25) is 0 Å². The third-order valence-electron chi connectivity index (χ3n) is 4.53. The molecule has 2 aromatic rings. The van der Waals surface area contributed by atoms with Crippen molar-refractivity contribution < 1.29 is 9.90 Å². The maximum absolute atomic E-state index is 11.0. The van der Waals surface area contributed by atoms with Crippen molar-refractivity contribution in [1.29, 1.82) is 5.26 Å². The molecule has 0 fully saturated rings. The Labute approximate surface area is 170 Å². The fourth-order valence-corrected chi connectivity index (χ4v) is 2.84. The summed E-state index contributed by atoms with van der Waals surface area (Å²) in [4.78, 5) is 11.0. The second-order valence-corrected chi connectivity index (χ2v) is 9.02. The van der Waals surface area contributed by atoms with Crippen LogP contribution in [0.2, 0.25) is 0 Å². The predicted molar refractivity (Wildman–Crippen MR) is 116 cm³/mol. The SMILES string of the molecule is CCc1cc(C(C)(C)C)c(O)c(C(C)(C)C)c1.N#CCC(=O)c1ccccc1. The lowest BCUT2D eigenvalue weighted by molar-refractivity contribution is 0.0997. The van der Waals surface area contributed by atoms with Gasteiger partial charge in [-0.15, -0.1) is 0 Å². The van der Waals surface area contributed by atoms with E-state index in [9.17, 15) is 9.90 Å². The number of Topliss-reactive ketones (excluding diaryl/α,β-unsaturated/α-hetero) is 1. The number of phenolic OH excluding ortho intramolecular Hbond substituents is 1. The molecule has 0 saturated heterocycles. The van der Waals surface area contributed by atoms with Crippen LogP contribution in [-0.2, 0) is 17.3 Å². The molecule has 28 heavy (non-hydrogen) atoms. The van der Waals surface area contributed by atoms with Gasteiger partial charge in [-0.1, -0.05) is 90.9 Å². The van der Waals surface area contributed by atoms with Gasteiger partial charge in [0.25, 0.3) is 0 Å². The van der Waals surface area contributed by atoms with Crippen LogP contribution in [0.5, 0.6) is 5.75 Å². The van der Waals surface area contributed by atoms with Gasteiger partial charge in [-0.05, 0) is 33.9 Å². The molecule has 0 aliphatic rings. The van der Waals surface area contributed by atoms with Crippen molar-refractivity contribution in [2.24, 2.45) is 0 Å². The Kier molecular flexibility index (Phi) is 8.00. The number of hydrogen-bond donors (Lipinski definition) is 1. The van der Waals surface area contributed by atoms with Crippen LogP contribution in [0.15, 0.2) is 42.5 Å². The Morgan fingerprint density at radius 1 is 0.964 bits per heavy atom. The number of aryl methyl sites for hydroxylation is 1. The third-order valence-corrected chi connectivity index (χ3v) is 4.53. The molecule has 0 amide bonds. The van der Waals surface area contributed by atoms with Gasteiger partial charge in [0.1, 0.15) is 5.75 Å². The van der Waals surface area contributed by atoms with E-state index in [0.29, 0.717) is 11.3 Å². The summed E-state index contributed by atoms with van der Waals surface area (Å²) in [6, 6.07) is 14.9. The minimum atomic E-state index is -0.117. The number of ketones is 1.